The van der Waals surface area contributed by atoms with Gasteiger partial charge < -0.3 is 14.5 Å². The fourth-order valence-electron chi connectivity index (χ4n) is 3.55. The van der Waals surface area contributed by atoms with E-state index in [0.29, 0.717) is 13.2 Å². The number of rotatable bonds is 2. The molecule has 0 unspecified atom stereocenters. The van der Waals surface area contributed by atoms with Gasteiger partial charge in [-0.15, -0.1) is 10.2 Å². The summed E-state index contributed by atoms with van der Waals surface area (Å²) in [4.78, 5) is 15.9. The molecule has 0 spiro atoms. The summed E-state index contributed by atoms with van der Waals surface area (Å²) in [5, 5.41) is 12.7. The Morgan fingerprint density at radius 1 is 1.22 bits per heavy atom. The summed E-state index contributed by atoms with van der Waals surface area (Å²) in [5.41, 5.74) is 4.03. The summed E-state index contributed by atoms with van der Waals surface area (Å²) in [7, 11) is 0. The Bertz CT molecular complexity index is 750. The van der Waals surface area contributed by atoms with Crippen molar-refractivity contribution < 1.29 is 9.53 Å². The maximum atomic E-state index is 11.7. The van der Waals surface area contributed by atoms with Crippen LogP contribution in [0, 0.1) is 13.8 Å². The highest BCUT2D eigenvalue weighted by molar-refractivity contribution is 5.73. The molecule has 23 heavy (non-hydrogen) atoms. The SMILES string of the molecule is Cc1nn2cnnc2c(N2CCC(N3CCOC3=O)CC2)c1C. The van der Waals surface area contributed by atoms with Crippen LogP contribution in [0.3, 0.4) is 0 Å². The molecule has 1 amide bonds. The average Bonchev–Trinajstić information content (AvgIpc) is 3.17. The van der Waals surface area contributed by atoms with Gasteiger partial charge in [0.1, 0.15) is 12.9 Å². The third kappa shape index (κ3) is 2.29. The second-order valence-corrected chi connectivity index (χ2v) is 6.18. The van der Waals surface area contributed by atoms with Crippen LogP contribution in [0.1, 0.15) is 24.1 Å². The van der Waals surface area contributed by atoms with Gasteiger partial charge in [-0.05, 0) is 32.3 Å². The van der Waals surface area contributed by atoms with Gasteiger partial charge in [-0.1, -0.05) is 0 Å². The van der Waals surface area contributed by atoms with Crippen LogP contribution < -0.4 is 4.90 Å². The highest BCUT2D eigenvalue weighted by Crippen LogP contribution is 2.30. The molecule has 8 heteroatoms. The van der Waals surface area contributed by atoms with E-state index in [0.717, 1.165) is 48.5 Å². The zero-order chi connectivity index (χ0) is 16.0. The van der Waals surface area contributed by atoms with Gasteiger partial charge in [-0.2, -0.15) is 9.61 Å². The Morgan fingerprint density at radius 3 is 2.70 bits per heavy atom. The number of cyclic esters (lactones) is 1. The summed E-state index contributed by atoms with van der Waals surface area (Å²) in [6, 6.07) is 0.276. The number of piperidine rings is 1. The molecule has 4 heterocycles. The molecule has 0 bridgehead atoms. The molecule has 2 aliphatic rings. The molecule has 2 fully saturated rings. The monoisotopic (exact) mass is 316 g/mol. The number of amides is 1. The number of carbonyl (C=O) groups excluding carboxylic acids is 1. The molecule has 122 valence electrons. The first-order valence-corrected chi connectivity index (χ1v) is 8.00. The van der Waals surface area contributed by atoms with E-state index in [1.165, 1.54) is 0 Å². The first-order valence-electron chi connectivity index (χ1n) is 8.00. The number of fused-ring (bicyclic) bond motifs is 1. The van der Waals surface area contributed by atoms with Gasteiger partial charge in [0.25, 0.3) is 0 Å². The molecule has 2 aromatic rings. The van der Waals surface area contributed by atoms with E-state index in [4.69, 9.17) is 4.74 Å². The Kier molecular flexibility index (Phi) is 3.32. The molecule has 0 radical (unpaired) electrons. The minimum Gasteiger partial charge on any atom is -0.448 e. The summed E-state index contributed by atoms with van der Waals surface area (Å²) in [6.07, 6.45) is 3.35. The Balaban J connectivity index is 1.58. The molecule has 0 N–H and O–H groups in total. The molecular formula is C15H20N6O2. The van der Waals surface area contributed by atoms with Crippen LogP contribution in [0.15, 0.2) is 6.33 Å². The van der Waals surface area contributed by atoms with Crippen molar-refractivity contribution >= 4 is 17.4 Å². The Hall–Kier alpha value is -2.38. The van der Waals surface area contributed by atoms with E-state index in [-0.39, 0.29) is 12.1 Å². The molecule has 2 aliphatic heterocycles. The average molecular weight is 316 g/mol. The highest BCUT2D eigenvalue weighted by atomic mass is 16.6. The quantitative estimate of drug-likeness (QED) is 0.827. The largest absolute Gasteiger partial charge is 0.448 e. The number of ether oxygens (including phenoxy) is 1. The molecule has 8 nitrogen and oxygen atoms in total. The lowest BCUT2D eigenvalue weighted by atomic mass is 10.0. The lowest BCUT2D eigenvalue weighted by Gasteiger charge is -2.37. The molecule has 0 saturated carbocycles. The van der Waals surface area contributed by atoms with Gasteiger partial charge in [-0.25, -0.2) is 4.79 Å². The first-order chi connectivity index (χ1) is 11.1. The Labute approximate surface area is 134 Å². The highest BCUT2D eigenvalue weighted by Gasteiger charge is 2.33. The summed E-state index contributed by atoms with van der Waals surface area (Å²) in [6.45, 7) is 7.09. The minimum absolute atomic E-state index is 0.167. The zero-order valence-electron chi connectivity index (χ0n) is 13.4. The molecule has 4 rings (SSSR count). The van der Waals surface area contributed by atoms with Crippen LogP contribution in [0.5, 0.6) is 0 Å². The van der Waals surface area contributed by atoms with Crippen molar-refractivity contribution in [3.8, 4) is 0 Å². The second kappa shape index (κ2) is 5.36. The van der Waals surface area contributed by atoms with Gasteiger partial charge in [-0.3, -0.25) is 0 Å². The van der Waals surface area contributed by atoms with Crippen LogP contribution in [0.4, 0.5) is 10.5 Å². The van der Waals surface area contributed by atoms with Crippen LogP contribution in [0.2, 0.25) is 0 Å². The van der Waals surface area contributed by atoms with Crippen molar-refractivity contribution in [3.63, 3.8) is 0 Å². The normalized spacial score (nSPS) is 19.7. The Morgan fingerprint density at radius 2 is 2.00 bits per heavy atom. The first kappa shape index (κ1) is 14.2. The standard InChI is InChI=1S/C15H20N6O2/c1-10-11(2)18-21-9-16-17-14(21)13(10)19-5-3-12(4-6-19)20-7-8-23-15(20)22/h9,12H,3-8H2,1-2H3. The smallest absolute Gasteiger partial charge is 0.410 e. The van der Waals surface area contributed by atoms with Gasteiger partial charge >= 0.3 is 6.09 Å². The van der Waals surface area contributed by atoms with E-state index in [1.807, 2.05) is 11.8 Å². The second-order valence-electron chi connectivity index (χ2n) is 6.18. The molecule has 2 saturated heterocycles. The predicted octanol–water partition coefficient (Wildman–Crippen LogP) is 1.16. The lowest BCUT2D eigenvalue weighted by Crippen LogP contribution is -2.45. The summed E-state index contributed by atoms with van der Waals surface area (Å²) >= 11 is 0. The maximum Gasteiger partial charge on any atom is 0.410 e. The number of carbonyl (C=O) groups is 1. The third-order valence-electron chi connectivity index (χ3n) is 4.91. The van der Waals surface area contributed by atoms with Crippen LogP contribution in [-0.2, 0) is 4.74 Å². The molecule has 2 aromatic heterocycles. The number of hydrogen-bond acceptors (Lipinski definition) is 6. The van der Waals surface area contributed by atoms with Crippen molar-refractivity contribution in [3.05, 3.63) is 17.6 Å². The molecule has 0 aliphatic carbocycles. The van der Waals surface area contributed by atoms with Gasteiger partial charge in [0.15, 0.2) is 0 Å². The van der Waals surface area contributed by atoms with Crippen LogP contribution in [-0.4, -0.2) is 63.1 Å². The maximum absolute atomic E-state index is 11.7. The van der Waals surface area contributed by atoms with E-state index in [1.54, 1.807) is 10.8 Å². The number of aryl methyl sites for hydroxylation is 1. The fraction of sp³-hybridized carbons (Fsp3) is 0.600. The van der Waals surface area contributed by atoms with Crippen molar-refractivity contribution in [2.24, 2.45) is 0 Å². The molecule has 0 aromatic carbocycles. The number of nitrogens with zero attached hydrogens (tertiary/aromatic N) is 6. The minimum atomic E-state index is -0.167. The van der Waals surface area contributed by atoms with Crippen molar-refractivity contribution in [2.45, 2.75) is 32.7 Å². The van der Waals surface area contributed by atoms with Gasteiger partial charge in [0, 0.05) is 19.1 Å². The van der Waals surface area contributed by atoms with Crippen molar-refractivity contribution in [2.75, 3.05) is 31.1 Å². The van der Waals surface area contributed by atoms with Gasteiger partial charge in [0.05, 0.1) is 17.9 Å². The number of aromatic nitrogens is 4. The summed E-state index contributed by atoms with van der Waals surface area (Å²) in [5.74, 6) is 0. The third-order valence-corrected chi connectivity index (χ3v) is 4.91. The predicted molar refractivity (Wildman–Crippen MR) is 83.5 cm³/mol. The summed E-state index contributed by atoms with van der Waals surface area (Å²) < 4.78 is 6.79. The van der Waals surface area contributed by atoms with E-state index >= 15 is 0 Å². The topological polar surface area (TPSA) is 75.9 Å². The van der Waals surface area contributed by atoms with Crippen LogP contribution in [0.25, 0.3) is 5.65 Å². The van der Waals surface area contributed by atoms with Crippen LogP contribution >= 0.6 is 0 Å². The van der Waals surface area contributed by atoms with E-state index in [9.17, 15) is 4.79 Å². The molecule has 0 atom stereocenters. The lowest BCUT2D eigenvalue weighted by molar-refractivity contribution is 0.142. The van der Waals surface area contributed by atoms with E-state index < -0.39 is 0 Å². The van der Waals surface area contributed by atoms with E-state index in [2.05, 4.69) is 27.1 Å². The number of anilines is 1. The van der Waals surface area contributed by atoms with Crippen molar-refractivity contribution in [1.29, 1.82) is 0 Å². The fourth-order valence-corrected chi connectivity index (χ4v) is 3.55. The van der Waals surface area contributed by atoms with Gasteiger partial charge in [0.2, 0.25) is 5.65 Å². The zero-order valence-corrected chi connectivity index (χ0v) is 13.4. The number of hydrogen-bond donors (Lipinski definition) is 0. The van der Waals surface area contributed by atoms with Crippen molar-refractivity contribution in [1.82, 2.24) is 24.7 Å². The molecular weight excluding hydrogens is 296 g/mol.